The molecule has 0 radical (unpaired) electrons. The van der Waals surface area contributed by atoms with Gasteiger partial charge in [-0.1, -0.05) is 11.8 Å². The van der Waals surface area contributed by atoms with Crippen LogP contribution in [0.15, 0.2) is 41.5 Å². The van der Waals surface area contributed by atoms with E-state index in [1.54, 1.807) is 0 Å². The topological polar surface area (TPSA) is 86.4 Å². The van der Waals surface area contributed by atoms with Crippen molar-refractivity contribution in [2.45, 2.75) is 11.3 Å². The Kier molecular flexibility index (Phi) is 7.46. The highest BCUT2D eigenvalue weighted by molar-refractivity contribution is 8.15. The van der Waals surface area contributed by atoms with Crippen molar-refractivity contribution in [1.82, 2.24) is 5.01 Å². The number of benzene rings is 2. The van der Waals surface area contributed by atoms with Gasteiger partial charge in [-0.15, -0.1) is 0 Å². The molecule has 1 amide bonds. The summed E-state index contributed by atoms with van der Waals surface area (Å²) in [6.45, 7) is 0.553. The van der Waals surface area contributed by atoms with Crippen LogP contribution in [0.5, 0.6) is 5.75 Å². The number of nitrogens with two attached hydrogens (primary N) is 1. The average molecular weight is 496 g/mol. The third kappa shape index (κ3) is 4.52. The van der Waals surface area contributed by atoms with Crippen molar-refractivity contribution in [2.24, 2.45) is 16.8 Å². The number of methoxy groups -OCH3 is 1. The quantitative estimate of drug-likeness (QED) is 0.566. The fourth-order valence-electron chi connectivity index (χ4n) is 4.09. The Balaban J connectivity index is 1.83. The molecule has 0 aromatic heterocycles. The fraction of sp³-hybridized carbons (Fsp3) is 0.391. The number of carbonyl (C=O) groups excluding carboxylic acids is 1. The van der Waals surface area contributed by atoms with E-state index in [4.69, 9.17) is 19.9 Å². The van der Waals surface area contributed by atoms with Crippen molar-refractivity contribution in [3.63, 3.8) is 0 Å². The Hall–Kier alpha value is -2.60. The van der Waals surface area contributed by atoms with Crippen LogP contribution >= 0.6 is 11.8 Å². The first-order chi connectivity index (χ1) is 16.4. The van der Waals surface area contributed by atoms with Gasteiger partial charge < -0.3 is 19.9 Å². The van der Waals surface area contributed by atoms with Gasteiger partial charge in [-0.05, 0) is 49.4 Å². The van der Waals surface area contributed by atoms with Crippen LogP contribution in [0.2, 0.25) is 0 Å². The van der Waals surface area contributed by atoms with Gasteiger partial charge in [-0.2, -0.15) is 5.10 Å². The minimum absolute atomic E-state index is 0.0846. The summed E-state index contributed by atoms with van der Waals surface area (Å²) in [5.41, 5.74) is 6.12. The molecule has 11 heteroatoms. The average Bonchev–Trinajstić information content (AvgIpc) is 3.22. The molecule has 1 spiro atoms. The monoisotopic (exact) mass is 495 g/mol. The number of rotatable bonds is 8. The number of halogens is 3. The zero-order valence-corrected chi connectivity index (χ0v) is 19.2. The molecule has 2 heterocycles. The second-order valence-electron chi connectivity index (χ2n) is 7.80. The molecule has 0 saturated heterocycles. The normalized spacial score (nSPS) is 21.4. The summed E-state index contributed by atoms with van der Waals surface area (Å²) in [4.78, 5) is 12.1. The summed E-state index contributed by atoms with van der Waals surface area (Å²) in [6, 6.07) is 7.01. The van der Waals surface area contributed by atoms with Gasteiger partial charge >= 0.3 is 0 Å². The summed E-state index contributed by atoms with van der Waals surface area (Å²) in [6.07, 6.45) is 0.408. The predicted molar refractivity (Wildman–Crippen MR) is 121 cm³/mol. The molecule has 0 fully saturated rings. The third-order valence-electron chi connectivity index (χ3n) is 5.65. The lowest BCUT2D eigenvalue weighted by Gasteiger charge is -2.45. The largest absolute Gasteiger partial charge is 0.493 e. The maximum absolute atomic E-state index is 14.7. The lowest BCUT2D eigenvalue weighted by atomic mass is 9.86. The van der Waals surface area contributed by atoms with Crippen LogP contribution in [0.3, 0.4) is 0 Å². The zero-order valence-electron chi connectivity index (χ0n) is 18.4. The smallest absolute Gasteiger partial charge is 0.270 e. The van der Waals surface area contributed by atoms with Crippen molar-refractivity contribution in [1.29, 1.82) is 0 Å². The number of hydrazone groups is 1. The molecule has 0 aliphatic carbocycles. The number of carbonyl (C=O) groups is 1. The van der Waals surface area contributed by atoms with Crippen molar-refractivity contribution >= 4 is 22.7 Å². The highest BCUT2D eigenvalue weighted by atomic mass is 32.2. The van der Waals surface area contributed by atoms with Gasteiger partial charge in [-0.3, -0.25) is 4.79 Å². The molecule has 182 valence electrons. The molecule has 2 N–H and O–H groups in total. The SMILES string of the molecule is COCCOCC(=O)N1N=C(c2cc(F)ccc2F)SC12c1cc(F)ccc1OCC2CCN. The maximum Gasteiger partial charge on any atom is 0.270 e. The van der Waals surface area contributed by atoms with E-state index in [0.717, 1.165) is 30.0 Å². The van der Waals surface area contributed by atoms with Crippen LogP contribution in [0, 0.1) is 23.4 Å². The van der Waals surface area contributed by atoms with E-state index in [-0.39, 0.29) is 43.6 Å². The van der Waals surface area contributed by atoms with Crippen LogP contribution < -0.4 is 10.5 Å². The van der Waals surface area contributed by atoms with E-state index in [2.05, 4.69) is 5.10 Å². The zero-order chi connectivity index (χ0) is 24.3. The lowest BCUT2D eigenvalue weighted by molar-refractivity contribution is -0.142. The number of nitrogens with zero attached hydrogens (tertiary/aromatic N) is 2. The second-order valence-corrected chi connectivity index (χ2v) is 9.02. The Bertz CT molecular complexity index is 1100. The van der Waals surface area contributed by atoms with E-state index in [1.165, 1.54) is 30.3 Å². The van der Waals surface area contributed by atoms with Crippen LogP contribution in [0.1, 0.15) is 17.5 Å². The van der Waals surface area contributed by atoms with Crippen molar-refractivity contribution in [3.8, 4) is 5.75 Å². The molecule has 0 bridgehead atoms. The fourth-order valence-corrected chi connectivity index (χ4v) is 5.62. The standard InChI is InChI=1S/C23H24F3N3O4S/c1-31-8-9-32-13-21(30)29-23(34-22(28-29)17-10-15(24)2-4-19(17)26)14(6-7-27)12-33-20-5-3-16(25)11-18(20)23/h2-5,10-11,14H,6-9,12-13,27H2,1H3. The molecule has 34 heavy (non-hydrogen) atoms. The molecule has 4 rings (SSSR count). The molecule has 2 aromatic rings. The first kappa shape index (κ1) is 24.5. The minimum atomic E-state index is -1.29. The highest BCUT2D eigenvalue weighted by Crippen LogP contribution is 2.57. The van der Waals surface area contributed by atoms with Gasteiger partial charge in [0.15, 0.2) is 4.87 Å². The van der Waals surface area contributed by atoms with Crippen LogP contribution in [0.4, 0.5) is 13.2 Å². The molecular formula is C23H24F3N3O4S. The summed E-state index contributed by atoms with van der Waals surface area (Å²) in [7, 11) is 1.51. The van der Waals surface area contributed by atoms with E-state index >= 15 is 0 Å². The maximum atomic E-state index is 14.7. The Morgan fingerprint density at radius 3 is 2.76 bits per heavy atom. The Labute approximate surface area is 199 Å². The van der Waals surface area contributed by atoms with E-state index in [1.807, 2.05) is 0 Å². The summed E-state index contributed by atoms with van der Waals surface area (Å²) >= 11 is 1.06. The lowest BCUT2D eigenvalue weighted by Crippen LogP contribution is -2.52. The van der Waals surface area contributed by atoms with Crippen molar-refractivity contribution in [2.75, 3.05) is 40.1 Å². The van der Waals surface area contributed by atoms with Crippen LogP contribution in [-0.4, -0.2) is 56.0 Å². The predicted octanol–water partition coefficient (Wildman–Crippen LogP) is 3.21. The summed E-state index contributed by atoms with van der Waals surface area (Å²) in [5, 5.41) is 5.69. The van der Waals surface area contributed by atoms with Crippen LogP contribution in [-0.2, 0) is 19.1 Å². The Morgan fingerprint density at radius 1 is 1.24 bits per heavy atom. The summed E-state index contributed by atoms with van der Waals surface area (Å²) in [5.74, 6) is -2.47. The Morgan fingerprint density at radius 2 is 2.00 bits per heavy atom. The van der Waals surface area contributed by atoms with E-state index < -0.39 is 34.1 Å². The van der Waals surface area contributed by atoms with Gasteiger partial charge in [0.05, 0.1) is 19.8 Å². The first-order valence-electron chi connectivity index (χ1n) is 10.7. The minimum Gasteiger partial charge on any atom is -0.493 e. The summed E-state index contributed by atoms with van der Waals surface area (Å²) < 4.78 is 59.3. The highest BCUT2D eigenvalue weighted by Gasteiger charge is 2.57. The molecule has 2 atom stereocenters. The molecule has 0 saturated carbocycles. The molecule has 2 aromatic carbocycles. The van der Waals surface area contributed by atoms with Gasteiger partial charge in [0.25, 0.3) is 5.91 Å². The number of amides is 1. The van der Waals surface area contributed by atoms with Gasteiger partial charge in [0, 0.05) is 24.2 Å². The molecule has 2 aliphatic rings. The molecule has 2 unspecified atom stereocenters. The molecule has 2 aliphatic heterocycles. The first-order valence-corrected chi connectivity index (χ1v) is 11.5. The van der Waals surface area contributed by atoms with E-state index in [0.29, 0.717) is 17.7 Å². The second kappa shape index (κ2) is 10.3. The molecular weight excluding hydrogens is 471 g/mol. The molecule has 7 nitrogen and oxygen atoms in total. The number of hydrogen-bond donors (Lipinski definition) is 1. The van der Waals surface area contributed by atoms with Gasteiger partial charge in [0.1, 0.15) is 34.9 Å². The van der Waals surface area contributed by atoms with Gasteiger partial charge in [-0.25, -0.2) is 18.2 Å². The van der Waals surface area contributed by atoms with Crippen molar-refractivity contribution < 1.29 is 32.2 Å². The number of ether oxygens (including phenoxy) is 3. The van der Waals surface area contributed by atoms with Crippen LogP contribution in [0.25, 0.3) is 0 Å². The van der Waals surface area contributed by atoms with Crippen molar-refractivity contribution in [3.05, 3.63) is 65.0 Å². The number of thioether (sulfide) groups is 1. The number of hydrogen-bond acceptors (Lipinski definition) is 7. The number of fused-ring (bicyclic) bond motifs is 2. The third-order valence-corrected chi connectivity index (χ3v) is 7.18. The van der Waals surface area contributed by atoms with E-state index in [9.17, 15) is 18.0 Å². The van der Waals surface area contributed by atoms with Gasteiger partial charge in [0.2, 0.25) is 0 Å².